The maximum atomic E-state index is 11.0. The fourth-order valence-electron chi connectivity index (χ4n) is 1.19. The molecule has 0 saturated carbocycles. The second-order valence-electron chi connectivity index (χ2n) is 2.84. The Morgan fingerprint density at radius 2 is 2.50 bits per heavy atom. The summed E-state index contributed by atoms with van der Waals surface area (Å²) in [5, 5.41) is 6.08. The van der Waals surface area contributed by atoms with Gasteiger partial charge in [-0.05, 0) is 6.92 Å². The molecular weight excluding hydrogens is 158 g/mol. The number of hydrogen-bond acceptors (Lipinski definition) is 3. The van der Waals surface area contributed by atoms with Crippen LogP contribution in [-0.2, 0) is 4.79 Å². The first-order valence-corrected chi connectivity index (χ1v) is 3.71. The van der Waals surface area contributed by atoms with E-state index in [0.29, 0.717) is 6.54 Å². The van der Waals surface area contributed by atoms with Gasteiger partial charge in [0.2, 0.25) is 11.9 Å². The van der Waals surface area contributed by atoms with Gasteiger partial charge in [0.1, 0.15) is 0 Å². The topological polar surface area (TPSA) is 96.7 Å². The lowest BCUT2D eigenvalue weighted by atomic mass is 10.2. The SMILES string of the molecule is CC1CN(/C(N)=N/N)CC(=O)N1. The number of carbonyl (C=O) groups is 1. The van der Waals surface area contributed by atoms with E-state index in [1.165, 1.54) is 0 Å². The van der Waals surface area contributed by atoms with Gasteiger partial charge >= 0.3 is 0 Å². The zero-order chi connectivity index (χ0) is 9.14. The number of nitrogens with one attached hydrogen (secondary N) is 1. The molecule has 0 aromatic heterocycles. The fourth-order valence-corrected chi connectivity index (χ4v) is 1.19. The molecule has 6 nitrogen and oxygen atoms in total. The number of amides is 1. The van der Waals surface area contributed by atoms with E-state index in [1.807, 2.05) is 6.92 Å². The summed E-state index contributed by atoms with van der Waals surface area (Å²) in [6, 6.07) is 0.0894. The largest absolute Gasteiger partial charge is 0.368 e. The summed E-state index contributed by atoms with van der Waals surface area (Å²) in [6.45, 7) is 2.78. The Morgan fingerprint density at radius 3 is 3.00 bits per heavy atom. The molecular formula is C6H13N5O. The number of hydrogen-bond donors (Lipinski definition) is 3. The van der Waals surface area contributed by atoms with Crippen molar-refractivity contribution >= 4 is 11.9 Å². The van der Waals surface area contributed by atoms with Gasteiger partial charge in [-0.2, -0.15) is 0 Å². The monoisotopic (exact) mass is 171 g/mol. The molecule has 1 saturated heterocycles. The molecule has 1 fully saturated rings. The molecule has 1 unspecified atom stereocenters. The van der Waals surface area contributed by atoms with Gasteiger partial charge in [0.15, 0.2) is 0 Å². The summed E-state index contributed by atoms with van der Waals surface area (Å²) in [7, 11) is 0. The highest BCUT2D eigenvalue weighted by atomic mass is 16.2. The van der Waals surface area contributed by atoms with Crippen molar-refractivity contribution < 1.29 is 4.79 Å². The predicted octanol–water partition coefficient (Wildman–Crippen LogP) is -2.00. The van der Waals surface area contributed by atoms with Crippen molar-refractivity contribution in [2.24, 2.45) is 16.7 Å². The fraction of sp³-hybridized carbons (Fsp3) is 0.667. The number of carbonyl (C=O) groups excluding carboxylic acids is 1. The van der Waals surface area contributed by atoms with Crippen LogP contribution >= 0.6 is 0 Å². The smallest absolute Gasteiger partial charge is 0.239 e. The normalized spacial score (nSPS) is 25.4. The maximum absolute atomic E-state index is 11.0. The van der Waals surface area contributed by atoms with Crippen LogP contribution < -0.4 is 16.9 Å². The molecule has 1 amide bonds. The number of guanidine groups is 1. The second kappa shape index (κ2) is 3.29. The van der Waals surface area contributed by atoms with E-state index >= 15 is 0 Å². The molecule has 0 aliphatic carbocycles. The first-order chi connectivity index (χ1) is 5.63. The van der Waals surface area contributed by atoms with Crippen LogP contribution in [0.3, 0.4) is 0 Å². The van der Waals surface area contributed by atoms with Crippen LogP contribution in [0.25, 0.3) is 0 Å². The highest BCUT2D eigenvalue weighted by molar-refractivity contribution is 5.86. The Hall–Kier alpha value is -1.46. The average molecular weight is 171 g/mol. The molecule has 0 radical (unpaired) electrons. The van der Waals surface area contributed by atoms with Crippen LogP contribution in [0.5, 0.6) is 0 Å². The average Bonchev–Trinajstić information content (AvgIpc) is 2.01. The predicted molar refractivity (Wildman–Crippen MR) is 45.0 cm³/mol. The number of nitrogens with zero attached hydrogens (tertiary/aromatic N) is 2. The Bertz CT molecular complexity index is 214. The molecule has 1 heterocycles. The molecule has 0 bridgehead atoms. The van der Waals surface area contributed by atoms with Crippen LogP contribution in [0.1, 0.15) is 6.92 Å². The van der Waals surface area contributed by atoms with Crippen LogP contribution in [-0.4, -0.2) is 35.9 Å². The Labute approximate surface area is 70.6 Å². The van der Waals surface area contributed by atoms with Crippen molar-refractivity contribution in [1.29, 1.82) is 0 Å². The van der Waals surface area contributed by atoms with Crippen LogP contribution in [0.4, 0.5) is 0 Å². The van der Waals surface area contributed by atoms with Crippen molar-refractivity contribution in [1.82, 2.24) is 10.2 Å². The quantitative estimate of drug-likeness (QED) is 0.170. The lowest BCUT2D eigenvalue weighted by molar-refractivity contribution is -0.123. The minimum absolute atomic E-state index is 0.0552. The summed E-state index contributed by atoms with van der Waals surface area (Å²) in [6.07, 6.45) is 0. The lowest BCUT2D eigenvalue weighted by Gasteiger charge is -2.31. The summed E-state index contributed by atoms with van der Waals surface area (Å²) < 4.78 is 0. The van der Waals surface area contributed by atoms with Crippen molar-refractivity contribution in [2.75, 3.05) is 13.1 Å². The molecule has 1 aliphatic rings. The minimum Gasteiger partial charge on any atom is -0.368 e. The van der Waals surface area contributed by atoms with Gasteiger partial charge in [-0.25, -0.2) is 0 Å². The summed E-state index contributed by atoms with van der Waals surface area (Å²) >= 11 is 0. The van der Waals surface area contributed by atoms with E-state index in [0.717, 1.165) is 0 Å². The minimum atomic E-state index is -0.0552. The van der Waals surface area contributed by atoms with E-state index in [1.54, 1.807) is 4.90 Å². The van der Waals surface area contributed by atoms with Crippen molar-refractivity contribution in [2.45, 2.75) is 13.0 Å². The number of piperazine rings is 1. The summed E-state index contributed by atoms with van der Waals surface area (Å²) in [4.78, 5) is 12.6. The third kappa shape index (κ3) is 1.77. The zero-order valence-electron chi connectivity index (χ0n) is 6.95. The van der Waals surface area contributed by atoms with E-state index < -0.39 is 0 Å². The third-order valence-corrected chi connectivity index (χ3v) is 1.69. The van der Waals surface area contributed by atoms with Crippen molar-refractivity contribution in [3.8, 4) is 0 Å². The molecule has 0 spiro atoms. The Morgan fingerprint density at radius 1 is 1.83 bits per heavy atom. The summed E-state index contributed by atoms with van der Waals surface area (Å²) in [5.41, 5.74) is 5.44. The number of rotatable bonds is 0. The molecule has 1 rings (SSSR count). The van der Waals surface area contributed by atoms with E-state index in [9.17, 15) is 4.79 Å². The van der Waals surface area contributed by atoms with E-state index in [-0.39, 0.29) is 24.5 Å². The molecule has 0 aromatic carbocycles. The Balaban J connectivity index is 2.61. The van der Waals surface area contributed by atoms with Gasteiger partial charge in [0.25, 0.3) is 0 Å². The van der Waals surface area contributed by atoms with Crippen LogP contribution in [0, 0.1) is 0 Å². The highest BCUT2D eigenvalue weighted by Crippen LogP contribution is 1.97. The zero-order valence-corrected chi connectivity index (χ0v) is 6.95. The molecule has 12 heavy (non-hydrogen) atoms. The van der Waals surface area contributed by atoms with Gasteiger partial charge < -0.3 is 21.8 Å². The van der Waals surface area contributed by atoms with Gasteiger partial charge in [0, 0.05) is 12.6 Å². The second-order valence-corrected chi connectivity index (χ2v) is 2.84. The maximum Gasteiger partial charge on any atom is 0.239 e. The first kappa shape index (κ1) is 8.63. The van der Waals surface area contributed by atoms with E-state index in [2.05, 4.69) is 10.4 Å². The standard InChI is InChI=1S/C6H13N5O/c1-4-2-11(6(7)10-8)3-5(12)9-4/h4H,2-3,8H2,1H3,(H2,7,10)(H,9,12). The van der Waals surface area contributed by atoms with Gasteiger partial charge in [-0.3, -0.25) is 4.79 Å². The summed E-state index contributed by atoms with van der Waals surface area (Å²) in [5.74, 6) is 5.13. The van der Waals surface area contributed by atoms with Gasteiger partial charge in [-0.1, -0.05) is 0 Å². The van der Waals surface area contributed by atoms with Crippen molar-refractivity contribution in [3.63, 3.8) is 0 Å². The van der Waals surface area contributed by atoms with Gasteiger partial charge in [0.05, 0.1) is 6.54 Å². The first-order valence-electron chi connectivity index (χ1n) is 3.71. The number of nitrogens with two attached hydrogens (primary N) is 2. The van der Waals surface area contributed by atoms with Gasteiger partial charge in [-0.15, -0.1) is 5.10 Å². The highest BCUT2D eigenvalue weighted by Gasteiger charge is 2.22. The number of hydrazone groups is 1. The van der Waals surface area contributed by atoms with Crippen LogP contribution in [0.2, 0.25) is 0 Å². The van der Waals surface area contributed by atoms with Crippen LogP contribution in [0.15, 0.2) is 5.10 Å². The Kier molecular flexibility index (Phi) is 2.37. The lowest BCUT2D eigenvalue weighted by Crippen LogP contribution is -2.56. The molecule has 0 aromatic rings. The molecule has 1 aliphatic heterocycles. The molecule has 1 atom stereocenters. The molecule has 68 valence electrons. The molecule has 5 N–H and O–H groups in total. The molecule has 6 heteroatoms. The third-order valence-electron chi connectivity index (χ3n) is 1.69. The van der Waals surface area contributed by atoms with E-state index in [4.69, 9.17) is 11.6 Å². The van der Waals surface area contributed by atoms with Crippen molar-refractivity contribution in [3.05, 3.63) is 0 Å².